The van der Waals surface area contributed by atoms with Crippen molar-refractivity contribution < 1.29 is 4.79 Å². The summed E-state index contributed by atoms with van der Waals surface area (Å²) >= 11 is 4.70. The SMILES string of the molecule is Cc1nc2c(SCC(=O)N3CCCc4ccccc43)nnc(-c3cccs3)c2s1. The maximum atomic E-state index is 13.0. The number of hydrogen-bond donors (Lipinski definition) is 0. The Morgan fingerprint density at radius 2 is 2.10 bits per heavy atom. The number of benzene rings is 1. The molecule has 146 valence electrons. The molecule has 1 aromatic carbocycles. The molecule has 0 unspecified atom stereocenters. The molecule has 0 saturated heterocycles. The van der Waals surface area contributed by atoms with Crippen LogP contribution in [0.25, 0.3) is 20.8 Å². The highest BCUT2D eigenvalue weighted by Crippen LogP contribution is 2.37. The fourth-order valence-corrected chi connectivity index (χ4v) is 6.16. The predicted molar refractivity (Wildman–Crippen MR) is 121 cm³/mol. The Kier molecular flexibility index (Phi) is 5.07. The van der Waals surface area contributed by atoms with Crippen LogP contribution in [0.1, 0.15) is 17.0 Å². The standard InChI is InChI=1S/C21H18N4OS3/c1-13-22-19-20(29-13)18(16-9-5-11-27-16)23-24-21(19)28-12-17(26)25-10-4-7-14-6-2-3-8-15(14)25/h2-3,5-6,8-9,11H,4,7,10,12H2,1H3. The number of thioether (sulfide) groups is 1. The van der Waals surface area contributed by atoms with Crippen molar-refractivity contribution in [3.8, 4) is 10.6 Å². The molecule has 0 fully saturated rings. The smallest absolute Gasteiger partial charge is 0.237 e. The van der Waals surface area contributed by atoms with E-state index in [9.17, 15) is 4.79 Å². The summed E-state index contributed by atoms with van der Waals surface area (Å²) in [6.45, 7) is 2.76. The van der Waals surface area contributed by atoms with Crippen LogP contribution in [0.15, 0.2) is 46.8 Å². The number of anilines is 1. The highest BCUT2D eigenvalue weighted by Gasteiger charge is 2.23. The number of rotatable bonds is 4. The van der Waals surface area contributed by atoms with Gasteiger partial charge in [-0.25, -0.2) is 4.98 Å². The van der Waals surface area contributed by atoms with E-state index in [0.717, 1.165) is 55.9 Å². The first-order valence-corrected chi connectivity index (χ1v) is 12.1. The summed E-state index contributed by atoms with van der Waals surface area (Å²) < 4.78 is 1.04. The average molecular weight is 439 g/mol. The van der Waals surface area contributed by atoms with Gasteiger partial charge >= 0.3 is 0 Å². The maximum Gasteiger partial charge on any atom is 0.237 e. The molecule has 0 saturated carbocycles. The Labute approximate surface area is 180 Å². The zero-order chi connectivity index (χ0) is 19.8. The van der Waals surface area contributed by atoms with Crippen LogP contribution >= 0.6 is 34.4 Å². The van der Waals surface area contributed by atoms with Crippen LogP contribution < -0.4 is 4.90 Å². The number of aromatic nitrogens is 3. The Morgan fingerprint density at radius 3 is 2.97 bits per heavy atom. The van der Waals surface area contributed by atoms with Crippen LogP contribution in [-0.4, -0.2) is 33.4 Å². The van der Waals surface area contributed by atoms with Gasteiger partial charge in [0.05, 0.1) is 20.3 Å². The van der Waals surface area contributed by atoms with E-state index in [1.165, 1.54) is 17.3 Å². The summed E-state index contributed by atoms with van der Waals surface area (Å²) in [6, 6.07) is 12.2. The first kappa shape index (κ1) is 18.7. The first-order valence-electron chi connectivity index (χ1n) is 9.39. The minimum atomic E-state index is 0.103. The third kappa shape index (κ3) is 3.56. The van der Waals surface area contributed by atoms with Gasteiger partial charge in [-0.15, -0.1) is 32.9 Å². The molecule has 0 radical (unpaired) electrons. The van der Waals surface area contributed by atoms with Crippen LogP contribution in [0, 0.1) is 6.92 Å². The molecule has 0 aliphatic carbocycles. The van der Waals surface area contributed by atoms with Gasteiger partial charge in [0.1, 0.15) is 16.2 Å². The molecular formula is C21H18N4OS3. The summed E-state index contributed by atoms with van der Waals surface area (Å²) in [4.78, 5) is 20.6. The van der Waals surface area contributed by atoms with E-state index in [-0.39, 0.29) is 5.91 Å². The first-order chi connectivity index (χ1) is 14.2. The quantitative estimate of drug-likeness (QED) is 0.410. The molecular weight excluding hydrogens is 420 g/mol. The Balaban J connectivity index is 1.41. The Morgan fingerprint density at radius 1 is 1.21 bits per heavy atom. The second kappa shape index (κ2) is 7.85. The number of thiophene rings is 1. The summed E-state index contributed by atoms with van der Waals surface area (Å²) in [5, 5.41) is 12.6. The number of nitrogens with zero attached hydrogens (tertiary/aromatic N) is 4. The molecule has 1 amide bonds. The van der Waals surface area contributed by atoms with Gasteiger partial charge in [-0.2, -0.15) is 0 Å². The number of carbonyl (C=O) groups is 1. The number of carbonyl (C=O) groups excluding carboxylic acids is 1. The molecule has 0 N–H and O–H groups in total. The minimum Gasteiger partial charge on any atom is -0.311 e. The lowest BCUT2D eigenvalue weighted by molar-refractivity contribution is -0.116. The third-order valence-corrected chi connectivity index (χ3v) is 7.68. The van der Waals surface area contributed by atoms with Crippen molar-refractivity contribution in [2.24, 2.45) is 0 Å². The van der Waals surface area contributed by atoms with Crippen molar-refractivity contribution in [2.75, 3.05) is 17.2 Å². The third-order valence-electron chi connectivity index (χ3n) is 4.89. The van der Waals surface area contributed by atoms with Gasteiger partial charge in [-0.1, -0.05) is 36.0 Å². The lowest BCUT2D eigenvalue weighted by atomic mass is 10.0. The molecule has 1 aliphatic heterocycles. The van der Waals surface area contributed by atoms with Gasteiger partial charge < -0.3 is 4.90 Å². The molecule has 3 aromatic heterocycles. The van der Waals surface area contributed by atoms with E-state index in [4.69, 9.17) is 0 Å². The molecule has 29 heavy (non-hydrogen) atoms. The highest BCUT2D eigenvalue weighted by atomic mass is 32.2. The fraction of sp³-hybridized carbons (Fsp3) is 0.238. The summed E-state index contributed by atoms with van der Waals surface area (Å²) in [7, 11) is 0. The largest absolute Gasteiger partial charge is 0.311 e. The Bertz CT molecular complexity index is 1190. The van der Waals surface area contributed by atoms with Crippen molar-refractivity contribution in [3.63, 3.8) is 0 Å². The van der Waals surface area contributed by atoms with Crippen molar-refractivity contribution in [1.29, 1.82) is 0 Å². The molecule has 8 heteroatoms. The van der Waals surface area contributed by atoms with Crippen LogP contribution in [0.4, 0.5) is 5.69 Å². The number of amides is 1. The number of fused-ring (bicyclic) bond motifs is 2. The van der Waals surface area contributed by atoms with Crippen molar-refractivity contribution in [3.05, 3.63) is 52.3 Å². The highest BCUT2D eigenvalue weighted by molar-refractivity contribution is 8.00. The number of thiazole rings is 1. The predicted octanol–water partition coefficient (Wildman–Crippen LogP) is 5.19. The molecule has 4 aromatic rings. The van der Waals surface area contributed by atoms with E-state index in [2.05, 4.69) is 21.2 Å². The van der Waals surface area contributed by atoms with Crippen LogP contribution in [-0.2, 0) is 11.2 Å². The Hall–Kier alpha value is -2.29. The van der Waals surface area contributed by atoms with Gasteiger partial charge in [0, 0.05) is 12.2 Å². The molecule has 5 rings (SSSR count). The monoisotopic (exact) mass is 438 g/mol. The van der Waals surface area contributed by atoms with E-state index in [1.807, 2.05) is 47.5 Å². The normalized spacial score (nSPS) is 13.6. The molecule has 0 bridgehead atoms. The summed E-state index contributed by atoms with van der Waals surface area (Å²) in [5.74, 6) is 0.430. The van der Waals surface area contributed by atoms with Crippen molar-refractivity contribution in [2.45, 2.75) is 24.8 Å². The molecule has 0 atom stereocenters. The molecule has 1 aliphatic rings. The number of hydrogen-bond acceptors (Lipinski definition) is 7. The maximum absolute atomic E-state index is 13.0. The van der Waals surface area contributed by atoms with Gasteiger partial charge in [0.2, 0.25) is 5.91 Å². The lowest BCUT2D eigenvalue weighted by Crippen LogP contribution is -2.36. The minimum absolute atomic E-state index is 0.103. The zero-order valence-electron chi connectivity index (χ0n) is 15.8. The van der Waals surface area contributed by atoms with Gasteiger partial charge in [-0.3, -0.25) is 4.79 Å². The molecule has 0 spiro atoms. The van der Waals surface area contributed by atoms with E-state index in [0.29, 0.717) is 5.75 Å². The van der Waals surface area contributed by atoms with Crippen LogP contribution in [0.5, 0.6) is 0 Å². The molecule has 5 nitrogen and oxygen atoms in total. The fourth-order valence-electron chi connectivity index (χ4n) is 3.59. The second-order valence-electron chi connectivity index (χ2n) is 6.81. The second-order valence-corrected chi connectivity index (χ2v) is 9.92. The van der Waals surface area contributed by atoms with Crippen LogP contribution in [0.2, 0.25) is 0 Å². The zero-order valence-corrected chi connectivity index (χ0v) is 18.2. The van der Waals surface area contributed by atoms with Crippen LogP contribution in [0.3, 0.4) is 0 Å². The number of para-hydroxylation sites is 1. The van der Waals surface area contributed by atoms with E-state index in [1.54, 1.807) is 22.7 Å². The average Bonchev–Trinajstić information content (AvgIpc) is 3.41. The van der Waals surface area contributed by atoms with Gasteiger partial charge in [0.15, 0.2) is 0 Å². The van der Waals surface area contributed by atoms with E-state index >= 15 is 0 Å². The van der Waals surface area contributed by atoms with Crippen molar-refractivity contribution >= 4 is 56.2 Å². The van der Waals surface area contributed by atoms with Crippen molar-refractivity contribution in [1.82, 2.24) is 15.2 Å². The topological polar surface area (TPSA) is 59.0 Å². The van der Waals surface area contributed by atoms with Gasteiger partial charge in [0.25, 0.3) is 0 Å². The summed E-state index contributed by atoms with van der Waals surface area (Å²) in [6.07, 6.45) is 2.03. The lowest BCUT2D eigenvalue weighted by Gasteiger charge is -2.29. The van der Waals surface area contributed by atoms with E-state index < -0.39 is 0 Å². The number of aryl methyl sites for hydroxylation is 2. The summed E-state index contributed by atoms with van der Waals surface area (Å²) in [5.41, 5.74) is 4.01. The van der Waals surface area contributed by atoms with Gasteiger partial charge in [-0.05, 0) is 42.8 Å². The molecule has 4 heterocycles.